The molecular weight excluding hydrogens is 437 g/mol. The third kappa shape index (κ3) is 6.14. The zero-order valence-electron chi connectivity index (χ0n) is 20.3. The molecule has 0 spiro atoms. The molecule has 4 aliphatic rings. The van der Waals surface area contributed by atoms with Gasteiger partial charge in [0, 0.05) is 12.1 Å². The van der Waals surface area contributed by atoms with Gasteiger partial charge in [0.15, 0.2) is 0 Å². The largest absolute Gasteiger partial charge is 0.420 e. The maximum atomic E-state index is 7.31. The molecule has 3 saturated carbocycles. The Labute approximate surface area is 196 Å². The first kappa shape index (κ1) is 24.6. The monoisotopic (exact) mass is 484 g/mol. The van der Waals surface area contributed by atoms with Crippen LogP contribution in [0.2, 0.25) is 16.6 Å². The Kier molecular flexibility index (Phi) is 9.74. The van der Waals surface area contributed by atoms with E-state index in [0.717, 1.165) is 24.1 Å². The number of unbranched alkanes of at least 4 members (excludes halogenated alkanes) is 1. The summed E-state index contributed by atoms with van der Waals surface area (Å²) in [6.45, 7) is 5.43. The van der Waals surface area contributed by atoms with E-state index in [4.69, 9.17) is 17.1 Å². The molecule has 1 heterocycles. The molecular formula is C24H48O4Si3. The molecule has 31 heavy (non-hydrogen) atoms. The fourth-order valence-electron chi connectivity index (χ4n) is 6.55. The van der Waals surface area contributed by atoms with Crippen LogP contribution in [-0.4, -0.2) is 39.5 Å². The maximum absolute atomic E-state index is 7.31. The third-order valence-corrected chi connectivity index (χ3v) is 21.4. The summed E-state index contributed by atoms with van der Waals surface area (Å²) < 4.78 is 28.2. The van der Waals surface area contributed by atoms with Crippen LogP contribution in [0.3, 0.4) is 0 Å². The van der Waals surface area contributed by atoms with Crippen molar-refractivity contribution in [3.05, 3.63) is 0 Å². The standard InChI is InChI=1S/C24H48O4Si3/c1-3-4-20-25-21(2)31(24-18-12-7-13-19-24)27-29(22-14-8-5-9-15-22)26-30(28-31)23-16-10-6-11-17-23/h21-24,29-30H,3-20H2,1-2H3. The van der Waals surface area contributed by atoms with Crippen LogP contribution >= 0.6 is 0 Å². The van der Waals surface area contributed by atoms with Crippen LogP contribution in [0.1, 0.15) is 123 Å². The van der Waals surface area contributed by atoms with Crippen molar-refractivity contribution in [2.45, 2.75) is 145 Å². The molecule has 3 unspecified atom stereocenters. The van der Waals surface area contributed by atoms with E-state index in [0.29, 0.717) is 5.54 Å². The maximum Gasteiger partial charge on any atom is 0.353 e. The van der Waals surface area contributed by atoms with Crippen LogP contribution in [0.4, 0.5) is 0 Å². The van der Waals surface area contributed by atoms with Gasteiger partial charge >= 0.3 is 27.1 Å². The van der Waals surface area contributed by atoms with Gasteiger partial charge in [-0.15, -0.1) is 0 Å². The van der Waals surface area contributed by atoms with E-state index >= 15 is 0 Å². The van der Waals surface area contributed by atoms with Crippen LogP contribution in [-0.2, 0) is 17.1 Å². The lowest BCUT2D eigenvalue weighted by atomic mass is 10.0. The van der Waals surface area contributed by atoms with Gasteiger partial charge in [0.25, 0.3) is 0 Å². The molecule has 1 aliphatic heterocycles. The molecule has 0 aromatic carbocycles. The van der Waals surface area contributed by atoms with Crippen molar-refractivity contribution >= 4 is 27.1 Å². The van der Waals surface area contributed by atoms with Gasteiger partial charge < -0.3 is 17.1 Å². The summed E-state index contributed by atoms with van der Waals surface area (Å²) >= 11 is 0. The highest BCUT2D eigenvalue weighted by atomic mass is 28.5. The highest BCUT2D eigenvalue weighted by molar-refractivity contribution is 6.85. The van der Waals surface area contributed by atoms with Crippen LogP contribution < -0.4 is 0 Å². The summed E-state index contributed by atoms with van der Waals surface area (Å²) in [5.41, 5.74) is 2.21. The number of hydrogen-bond acceptors (Lipinski definition) is 4. The molecule has 3 aliphatic carbocycles. The second-order valence-corrected chi connectivity index (χ2v) is 20.2. The predicted molar refractivity (Wildman–Crippen MR) is 134 cm³/mol. The second kappa shape index (κ2) is 12.3. The van der Waals surface area contributed by atoms with E-state index in [2.05, 4.69) is 13.8 Å². The zero-order valence-corrected chi connectivity index (χ0v) is 23.6. The molecule has 7 heteroatoms. The molecule has 0 amide bonds. The first-order chi connectivity index (χ1) is 15.2. The van der Waals surface area contributed by atoms with E-state index in [-0.39, 0.29) is 5.73 Å². The third-order valence-electron chi connectivity index (χ3n) is 8.54. The summed E-state index contributed by atoms with van der Waals surface area (Å²) in [7, 11) is -5.88. The summed E-state index contributed by atoms with van der Waals surface area (Å²) in [6.07, 6.45) is 22.6. The summed E-state index contributed by atoms with van der Waals surface area (Å²) in [6, 6.07) is 0. The van der Waals surface area contributed by atoms with Gasteiger partial charge in [0.2, 0.25) is 0 Å². The zero-order chi connectivity index (χ0) is 21.5. The minimum atomic E-state index is -2.45. The normalized spacial score (nSPS) is 35.8. The van der Waals surface area contributed by atoms with Gasteiger partial charge in [-0.25, -0.2) is 0 Å². The van der Waals surface area contributed by atoms with Crippen LogP contribution in [0, 0.1) is 0 Å². The molecule has 4 fully saturated rings. The average molecular weight is 485 g/mol. The van der Waals surface area contributed by atoms with E-state index < -0.39 is 27.1 Å². The highest BCUT2D eigenvalue weighted by Crippen LogP contribution is 2.48. The van der Waals surface area contributed by atoms with Crippen LogP contribution in [0.15, 0.2) is 0 Å². The Bertz CT molecular complexity index is 493. The van der Waals surface area contributed by atoms with Gasteiger partial charge in [-0.05, 0) is 63.0 Å². The average Bonchev–Trinajstić information content (AvgIpc) is 2.85. The molecule has 0 aromatic rings. The molecule has 0 aromatic heterocycles. The first-order valence-corrected chi connectivity index (χ1v) is 19.0. The van der Waals surface area contributed by atoms with Gasteiger partial charge in [-0.1, -0.05) is 71.1 Å². The Balaban J connectivity index is 1.59. The Hall–Kier alpha value is 0.491. The van der Waals surface area contributed by atoms with E-state index in [1.807, 2.05) is 0 Å². The van der Waals surface area contributed by atoms with Crippen molar-refractivity contribution < 1.29 is 17.1 Å². The Morgan fingerprint density at radius 3 is 1.74 bits per heavy atom. The molecule has 4 nitrogen and oxygen atoms in total. The van der Waals surface area contributed by atoms with Crippen molar-refractivity contribution in [3.8, 4) is 0 Å². The minimum absolute atomic E-state index is 0.156. The fourth-order valence-corrected chi connectivity index (χ4v) is 23.3. The lowest BCUT2D eigenvalue weighted by Crippen LogP contribution is -2.68. The van der Waals surface area contributed by atoms with E-state index in [9.17, 15) is 0 Å². The summed E-state index contributed by atoms with van der Waals surface area (Å²) in [5.74, 6) is 0. The van der Waals surface area contributed by atoms with Crippen molar-refractivity contribution in [2.75, 3.05) is 6.61 Å². The fraction of sp³-hybridized carbons (Fsp3) is 1.00. The number of hydrogen-bond donors (Lipinski definition) is 0. The van der Waals surface area contributed by atoms with E-state index in [1.54, 1.807) is 0 Å². The molecule has 0 N–H and O–H groups in total. The van der Waals surface area contributed by atoms with Gasteiger partial charge in [0.1, 0.15) is 0 Å². The highest BCUT2D eigenvalue weighted by Gasteiger charge is 2.59. The molecule has 3 atom stereocenters. The molecule has 0 bridgehead atoms. The summed E-state index contributed by atoms with van der Waals surface area (Å²) in [5, 5.41) is 0. The van der Waals surface area contributed by atoms with E-state index in [1.165, 1.54) is 103 Å². The molecule has 180 valence electrons. The predicted octanol–water partition coefficient (Wildman–Crippen LogP) is 6.68. The lowest BCUT2D eigenvalue weighted by molar-refractivity contribution is 0.0667. The van der Waals surface area contributed by atoms with Gasteiger partial charge in [-0.3, -0.25) is 0 Å². The van der Waals surface area contributed by atoms with Crippen molar-refractivity contribution in [1.82, 2.24) is 0 Å². The summed E-state index contributed by atoms with van der Waals surface area (Å²) in [4.78, 5) is 0. The number of rotatable bonds is 8. The molecule has 1 saturated heterocycles. The minimum Gasteiger partial charge on any atom is -0.420 e. The SMILES string of the molecule is CCCCOC(C)[Si]1(C2CCCCC2)O[SiH](C2CCCCC2)O[SiH](C2CCCCC2)O1. The van der Waals surface area contributed by atoms with Crippen molar-refractivity contribution in [2.24, 2.45) is 0 Å². The quantitative estimate of drug-likeness (QED) is 0.284. The van der Waals surface area contributed by atoms with Gasteiger partial charge in [-0.2, -0.15) is 0 Å². The van der Waals surface area contributed by atoms with Crippen molar-refractivity contribution in [3.63, 3.8) is 0 Å². The number of ether oxygens (including phenoxy) is 1. The Morgan fingerprint density at radius 2 is 1.26 bits per heavy atom. The van der Waals surface area contributed by atoms with Crippen molar-refractivity contribution in [1.29, 1.82) is 0 Å². The van der Waals surface area contributed by atoms with Crippen LogP contribution in [0.25, 0.3) is 0 Å². The first-order valence-electron chi connectivity index (χ1n) is 13.9. The van der Waals surface area contributed by atoms with Gasteiger partial charge in [0.05, 0.1) is 5.73 Å². The molecule has 4 rings (SSSR count). The molecule has 0 radical (unpaired) electrons. The smallest absolute Gasteiger partial charge is 0.353 e. The second-order valence-electron chi connectivity index (χ2n) is 10.8. The lowest BCUT2D eigenvalue weighted by Gasteiger charge is -2.52. The Morgan fingerprint density at radius 1 is 0.774 bits per heavy atom. The van der Waals surface area contributed by atoms with Crippen LogP contribution in [0.5, 0.6) is 0 Å². The topological polar surface area (TPSA) is 36.9 Å².